The molecule has 0 N–H and O–H groups in total. The van der Waals surface area contributed by atoms with Gasteiger partial charge in [0.2, 0.25) is 0 Å². The highest BCUT2D eigenvalue weighted by Gasteiger charge is 2.13. The maximum atomic E-state index is 5.82. The normalized spacial score (nSPS) is 11.6. The van der Waals surface area contributed by atoms with E-state index in [2.05, 4.69) is 18.7 Å². The highest BCUT2D eigenvalue weighted by Crippen LogP contribution is 2.09. The van der Waals surface area contributed by atoms with E-state index < -0.39 is 0 Å². The quantitative estimate of drug-likeness (QED) is 0.426. The molecule has 0 aliphatic rings. The van der Waals surface area contributed by atoms with Crippen molar-refractivity contribution in [1.29, 1.82) is 0 Å². The van der Waals surface area contributed by atoms with Crippen LogP contribution in [-0.2, 0) is 4.74 Å². The molecule has 3 heteroatoms. The molecule has 0 saturated heterocycles. The molecule has 0 spiro atoms. The minimum atomic E-state index is 0.686. The standard InChI is InChI=1S/C12H26ClNO/c1-4-12(5-2)14(10-8-13)9-7-11-15-6-3/h12H,4-11H2,1-3H3. The van der Waals surface area contributed by atoms with E-state index in [1.165, 1.54) is 12.8 Å². The van der Waals surface area contributed by atoms with Crippen LogP contribution in [0.5, 0.6) is 0 Å². The van der Waals surface area contributed by atoms with Gasteiger partial charge >= 0.3 is 0 Å². The Morgan fingerprint density at radius 2 is 1.80 bits per heavy atom. The average Bonchev–Trinajstić information content (AvgIpc) is 2.26. The number of rotatable bonds is 10. The second kappa shape index (κ2) is 10.7. The van der Waals surface area contributed by atoms with Crippen LogP contribution in [0, 0.1) is 0 Å². The summed E-state index contributed by atoms with van der Waals surface area (Å²) in [5.74, 6) is 0.727. The van der Waals surface area contributed by atoms with Crippen LogP contribution in [0.4, 0.5) is 0 Å². The Morgan fingerprint density at radius 1 is 1.13 bits per heavy atom. The van der Waals surface area contributed by atoms with Crippen molar-refractivity contribution in [3.8, 4) is 0 Å². The van der Waals surface area contributed by atoms with E-state index >= 15 is 0 Å². The fraction of sp³-hybridized carbons (Fsp3) is 1.00. The maximum absolute atomic E-state index is 5.82. The van der Waals surface area contributed by atoms with Crippen molar-refractivity contribution in [2.75, 3.05) is 32.2 Å². The fourth-order valence-corrected chi connectivity index (χ4v) is 2.12. The van der Waals surface area contributed by atoms with E-state index in [4.69, 9.17) is 16.3 Å². The van der Waals surface area contributed by atoms with E-state index in [1.54, 1.807) is 0 Å². The van der Waals surface area contributed by atoms with Gasteiger partial charge in [0, 0.05) is 38.2 Å². The smallest absolute Gasteiger partial charge is 0.0478 e. The topological polar surface area (TPSA) is 12.5 Å². The molecule has 2 nitrogen and oxygen atoms in total. The highest BCUT2D eigenvalue weighted by molar-refractivity contribution is 6.18. The molecule has 0 fully saturated rings. The number of alkyl halides is 1. The Bertz CT molecular complexity index is 129. The van der Waals surface area contributed by atoms with Crippen LogP contribution in [0.2, 0.25) is 0 Å². The van der Waals surface area contributed by atoms with Gasteiger partial charge in [-0.25, -0.2) is 0 Å². The number of hydrogen-bond donors (Lipinski definition) is 0. The number of halogens is 1. The van der Waals surface area contributed by atoms with Crippen LogP contribution < -0.4 is 0 Å². The Kier molecular flexibility index (Phi) is 10.9. The summed E-state index contributed by atoms with van der Waals surface area (Å²) >= 11 is 5.82. The summed E-state index contributed by atoms with van der Waals surface area (Å²) in [6.07, 6.45) is 3.53. The molecule has 15 heavy (non-hydrogen) atoms. The zero-order chi connectivity index (χ0) is 11.5. The van der Waals surface area contributed by atoms with Gasteiger partial charge in [-0.05, 0) is 26.2 Å². The lowest BCUT2D eigenvalue weighted by Crippen LogP contribution is -2.37. The summed E-state index contributed by atoms with van der Waals surface area (Å²) in [5.41, 5.74) is 0. The first-order chi connectivity index (χ1) is 7.29. The van der Waals surface area contributed by atoms with Gasteiger partial charge in [-0.15, -0.1) is 11.6 Å². The van der Waals surface area contributed by atoms with Gasteiger partial charge in [-0.1, -0.05) is 13.8 Å². The van der Waals surface area contributed by atoms with E-state index in [1.807, 2.05) is 6.92 Å². The first-order valence-electron chi connectivity index (χ1n) is 6.17. The fourth-order valence-electron chi connectivity index (χ4n) is 1.90. The average molecular weight is 236 g/mol. The number of ether oxygens (including phenoxy) is 1. The molecule has 0 rings (SSSR count). The summed E-state index contributed by atoms with van der Waals surface area (Å²) in [6.45, 7) is 10.3. The number of hydrogen-bond acceptors (Lipinski definition) is 2. The van der Waals surface area contributed by atoms with Crippen LogP contribution >= 0.6 is 11.6 Å². The Labute approximate surface area is 99.9 Å². The zero-order valence-corrected chi connectivity index (χ0v) is 11.2. The van der Waals surface area contributed by atoms with E-state index in [0.717, 1.165) is 38.6 Å². The Balaban J connectivity index is 3.80. The molecule has 0 amide bonds. The Hall–Kier alpha value is 0.210. The minimum absolute atomic E-state index is 0.686. The van der Waals surface area contributed by atoms with Crippen LogP contribution in [0.1, 0.15) is 40.0 Å². The lowest BCUT2D eigenvalue weighted by atomic mass is 10.1. The second-order valence-corrected chi connectivity index (χ2v) is 4.12. The molecule has 0 radical (unpaired) electrons. The van der Waals surface area contributed by atoms with Gasteiger partial charge < -0.3 is 4.74 Å². The monoisotopic (exact) mass is 235 g/mol. The van der Waals surface area contributed by atoms with Crippen molar-refractivity contribution in [3.63, 3.8) is 0 Å². The van der Waals surface area contributed by atoms with E-state index in [0.29, 0.717) is 6.04 Å². The molecule has 0 aliphatic heterocycles. The molecule has 0 atom stereocenters. The van der Waals surface area contributed by atoms with Gasteiger partial charge in [-0.2, -0.15) is 0 Å². The van der Waals surface area contributed by atoms with Crippen LogP contribution in [0.15, 0.2) is 0 Å². The van der Waals surface area contributed by atoms with Gasteiger partial charge in [0.1, 0.15) is 0 Å². The molecule has 0 aliphatic carbocycles. The van der Waals surface area contributed by atoms with Crippen LogP contribution in [0.3, 0.4) is 0 Å². The SMILES string of the molecule is CCOCCCN(CCCl)C(CC)CC. The molecular formula is C12H26ClNO. The van der Waals surface area contributed by atoms with Crippen molar-refractivity contribution in [3.05, 3.63) is 0 Å². The third-order valence-electron chi connectivity index (χ3n) is 2.77. The van der Waals surface area contributed by atoms with E-state index in [-0.39, 0.29) is 0 Å². The maximum Gasteiger partial charge on any atom is 0.0478 e. The van der Waals surface area contributed by atoms with Crippen LogP contribution in [-0.4, -0.2) is 43.1 Å². The first-order valence-corrected chi connectivity index (χ1v) is 6.71. The molecule has 0 aromatic rings. The van der Waals surface area contributed by atoms with Crippen molar-refractivity contribution in [2.24, 2.45) is 0 Å². The molecule has 0 heterocycles. The second-order valence-electron chi connectivity index (χ2n) is 3.75. The van der Waals surface area contributed by atoms with Gasteiger partial charge in [0.15, 0.2) is 0 Å². The van der Waals surface area contributed by atoms with Crippen molar-refractivity contribution < 1.29 is 4.74 Å². The first kappa shape index (κ1) is 15.2. The Morgan fingerprint density at radius 3 is 2.27 bits per heavy atom. The molecule has 0 aromatic carbocycles. The predicted octanol–water partition coefficient (Wildman–Crippen LogP) is 3.14. The molecule has 0 bridgehead atoms. The molecule has 92 valence electrons. The van der Waals surface area contributed by atoms with Gasteiger partial charge in [0.25, 0.3) is 0 Å². The predicted molar refractivity (Wildman–Crippen MR) is 67.8 cm³/mol. The summed E-state index contributed by atoms with van der Waals surface area (Å²) < 4.78 is 5.35. The van der Waals surface area contributed by atoms with E-state index in [9.17, 15) is 0 Å². The van der Waals surface area contributed by atoms with Crippen molar-refractivity contribution in [2.45, 2.75) is 46.1 Å². The van der Waals surface area contributed by atoms with Crippen molar-refractivity contribution in [1.82, 2.24) is 4.90 Å². The number of nitrogens with zero attached hydrogens (tertiary/aromatic N) is 1. The zero-order valence-electron chi connectivity index (χ0n) is 10.5. The minimum Gasteiger partial charge on any atom is -0.382 e. The third kappa shape index (κ3) is 7.15. The third-order valence-corrected chi connectivity index (χ3v) is 2.94. The lowest BCUT2D eigenvalue weighted by molar-refractivity contribution is 0.120. The van der Waals surface area contributed by atoms with Crippen molar-refractivity contribution >= 4 is 11.6 Å². The lowest BCUT2D eigenvalue weighted by Gasteiger charge is -2.29. The molecule has 0 aromatic heterocycles. The molecule has 0 saturated carbocycles. The summed E-state index contributed by atoms with van der Waals surface area (Å²) in [4.78, 5) is 2.49. The summed E-state index contributed by atoms with van der Waals surface area (Å²) in [6, 6.07) is 0.686. The summed E-state index contributed by atoms with van der Waals surface area (Å²) in [7, 11) is 0. The van der Waals surface area contributed by atoms with Crippen LogP contribution in [0.25, 0.3) is 0 Å². The highest BCUT2D eigenvalue weighted by atomic mass is 35.5. The molecule has 0 unspecified atom stereocenters. The summed E-state index contributed by atoms with van der Waals surface area (Å²) in [5, 5.41) is 0. The van der Waals surface area contributed by atoms with Gasteiger partial charge in [0.05, 0.1) is 0 Å². The van der Waals surface area contributed by atoms with Gasteiger partial charge in [-0.3, -0.25) is 4.90 Å². The largest absolute Gasteiger partial charge is 0.382 e. The molecular weight excluding hydrogens is 210 g/mol.